The van der Waals surface area contributed by atoms with Crippen molar-refractivity contribution in [3.63, 3.8) is 0 Å². The van der Waals surface area contributed by atoms with Crippen molar-refractivity contribution >= 4 is 0 Å². The largest absolute Gasteiger partial charge is 0.493 e. The minimum atomic E-state index is 0.402. The molecule has 2 heteroatoms. The van der Waals surface area contributed by atoms with Crippen LogP contribution in [0, 0.1) is 0 Å². The average molecular weight is 279 g/mol. The van der Waals surface area contributed by atoms with Gasteiger partial charge >= 0.3 is 0 Å². The van der Waals surface area contributed by atoms with Gasteiger partial charge in [-0.25, -0.2) is 0 Å². The van der Waals surface area contributed by atoms with Crippen LogP contribution in [0.1, 0.15) is 47.9 Å². The van der Waals surface area contributed by atoms with Crippen LogP contribution in [0.15, 0.2) is 48.5 Å². The minimum Gasteiger partial charge on any atom is -0.493 e. The van der Waals surface area contributed by atoms with Gasteiger partial charge in [-0.2, -0.15) is 0 Å². The van der Waals surface area contributed by atoms with Crippen molar-refractivity contribution in [3.8, 4) is 5.75 Å². The summed E-state index contributed by atoms with van der Waals surface area (Å²) < 4.78 is 5.72. The maximum atomic E-state index is 5.72. The summed E-state index contributed by atoms with van der Waals surface area (Å²) in [6.45, 7) is 1.73. The molecule has 2 nitrogen and oxygen atoms in total. The van der Waals surface area contributed by atoms with E-state index in [4.69, 9.17) is 4.74 Å². The first-order valence-electron chi connectivity index (χ1n) is 7.94. The summed E-state index contributed by atoms with van der Waals surface area (Å²) in [5.74, 6) is 1.86. The molecule has 1 unspecified atom stereocenters. The first-order valence-corrected chi connectivity index (χ1v) is 7.94. The average Bonchev–Trinajstić information content (AvgIpc) is 3.38. The van der Waals surface area contributed by atoms with Gasteiger partial charge in [-0.05, 0) is 36.0 Å². The Labute approximate surface area is 126 Å². The second kappa shape index (κ2) is 5.53. The molecule has 2 aromatic rings. The van der Waals surface area contributed by atoms with Crippen LogP contribution >= 0.6 is 0 Å². The van der Waals surface area contributed by atoms with E-state index in [0.717, 1.165) is 31.2 Å². The number of nitrogens with one attached hydrogen (secondary N) is 1. The maximum absolute atomic E-state index is 5.72. The summed E-state index contributed by atoms with van der Waals surface area (Å²) in [4.78, 5) is 0. The molecule has 0 bridgehead atoms. The molecule has 4 rings (SSSR count). The molecule has 21 heavy (non-hydrogen) atoms. The molecule has 0 spiro atoms. The topological polar surface area (TPSA) is 21.3 Å². The van der Waals surface area contributed by atoms with Crippen molar-refractivity contribution in [1.82, 2.24) is 5.32 Å². The van der Waals surface area contributed by atoms with E-state index in [1.807, 2.05) is 6.07 Å². The summed E-state index contributed by atoms with van der Waals surface area (Å²) in [5.41, 5.74) is 4.20. The van der Waals surface area contributed by atoms with E-state index in [1.54, 1.807) is 0 Å². The van der Waals surface area contributed by atoms with Crippen LogP contribution < -0.4 is 10.1 Å². The molecule has 0 radical (unpaired) electrons. The molecule has 1 aliphatic carbocycles. The maximum Gasteiger partial charge on any atom is 0.124 e. The summed E-state index contributed by atoms with van der Waals surface area (Å²) in [5, 5.41) is 3.70. The molecule has 108 valence electrons. The molecule has 1 saturated carbocycles. The molecule has 0 aromatic heterocycles. The van der Waals surface area contributed by atoms with Crippen molar-refractivity contribution in [2.24, 2.45) is 0 Å². The lowest BCUT2D eigenvalue weighted by atomic mass is 10.00. The fourth-order valence-corrected chi connectivity index (χ4v) is 3.17. The Bertz CT molecular complexity index is 633. The Hall–Kier alpha value is -1.80. The highest BCUT2D eigenvalue weighted by Gasteiger charge is 2.24. The van der Waals surface area contributed by atoms with Gasteiger partial charge in [0.05, 0.1) is 6.61 Å². The van der Waals surface area contributed by atoms with E-state index < -0.39 is 0 Å². The van der Waals surface area contributed by atoms with E-state index in [9.17, 15) is 0 Å². The van der Waals surface area contributed by atoms with Gasteiger partial charge < -0.3 is 10.1 Å². The highest BCUT2D eigenvalue weighted by atomic mass is 16.5. The number of hydrogen-bond acceptors (Lipinski definition) is 2. The van der Waals surface area contributed by atoms with Crippen molar-refractivity contribution in [2.45, 2.75) is 37.8 Å². The van der Waals surface area contributed by atoms with Crippen LogP contribution in [0.5, 0.6) is 5.75 Å². The van der Waals surface area contributed by atoms with Gasteiger partial charge in [0.25, 0.3) is 0 Å². The highest BCUT2D eigenvalue weighted by Crippen LogP contribution is 2.40. The third-order valence-corrected chi connectivity index (χ3v) is 4.51. The molecule has 2 aromatic carbocycles. The van der Waals surface area contributed by atoms with Gasteiger partial charge in [-0.15, -0.1) is 0 Å². The van der Waals surface area contributed by atoms with Crippen molar-refractivity contribution < 1.29 is 4.74 Å². The second-order valence-electron chi connectivity index (χ2n) is 6.13. The number of fused-ring (bicyclic) bond motifs is 1. The fraction of sp³-hybridized carbons (Fsp3) is 0.368. The predicted octanol–water partition coefficient (Wildman–Crippen LogP) is 4.18. The van der Waals surface area contributed by atoms with Gasteiger partial charge in [-0.3, -0.25) is 0 Å². The van der Waals surface area contributed by atoms with Gasteiger partial charge in [0.2, 0.25) is 0 Å². The first kappa shape index (κ1) is 12.9. The van der Waals surface area contributed by atoms with E-state index in [-0.39, 0.29) is 0 Å². The van der Waals surface area contributed by atoms with E-state index in [0.29, 0.717) is 6.04 Å². The van der Waals surface area contributed by atoms with Gasteiger partial charge in [-0.1, -0.05) is 42.5 Å². The zero-order valence-corrected chi connectivity index (χ0v) is 12.2. The number of hydrogen-bond donors (Lipinski definition) is 1. The standard InChI is InChI=1S/C19H21NO/c1-2-7-19-17(6-1)18(10-11-21-19)20-13-14-4-3-5-16(12-14)15-8-9-15/h1-7,12,15,18,20H,8-11,13H2. The Kier molecular flexibility index (Phi) is 3.40. The molecule has 2 aliphatic rings. The molecular formula is C19H21NO. The molecule has 1 heterocycles. The summed E-state index contributed by atoms with van der Waals surface area (Å²) in [6, 6.07) is 17.8. The van der Waals surface area contributed by atoms with E-state index >= 15 is 0 Å². The molecule has 0 amide bonds. The van der Waals surface area contributed by atoms with Crippen LogP contribution in [-0.4, -0.2) is 6.61 Å². The normalized spacial score (nSPS) is 20.7. The molecule has 1 atom stereocenters. The predicted molar refractivity (Wildman–Crippen MR) is 84.6 cm³/mol. The Morgan fingerprint density at radius 1 is 1.00 bits per heavy atom. The molecule has 1 N–H and O–H groups in total. The lowest BCUT2D eigenvalue weighted by Crippen LogP contribution is -2.26. The Balaban J connectivity index is 1.46. The van der Waals surface area contributed by atoms with Crippen molar-refractivity contribution in [2.75, 3.05) is 6.61 Å². The minimum absolute atomic E-state index is 0.402. The highest BCUT2D eigenvalue weighted by molar-refractivity contribution is 5.37. The first-order chi connectivity index (χ1) is 10.4. The summed E-state index contributed by atoms with van der Waals surface area (Å²) in [6.07, 6.45) is 3.77. The van der Waals surface area contributed by atoms with E-state index in [2.05, 4.69) is 47.8 Å². The molecule has 1 aliphatic heterocycles. The Morgan fingerprint density at radius 3 is 2.81 bits per heavy atom. The number of rotatable bonds is 4. The zero-order valence-electron chi connectivity index (χ0n) is 12.2. The number of benzene rings is 2. The summed E-state index contributed by atoms with van der Waals surface area (Å²) >= 11 is 0. The van der Waals surface area contributed by atoms with Crippen LogP contribution in [-0.2, 0) is 6.54 Å². The molecular weight excluding hydrogens is 258 g/mol. The fourth-order valence-electron chi connectivity index (χ4n) is 3.17. The number of ether oxygens (including phenoxy) is 1. The lowest BCUT2D eigenvalue weighted by molar-refractivity contribution is 0.252. The third-order valence-electron chi connectivity index (χ3n) is 4.51. The van der Waals surface area contributed by atoms with Crippen LogP contribution in [0.2, 0.25) is 0 Å². The third kappa shape index (κ3) is 2.81. The lowest BCUT2D eigenvalue weighted by Gasteiger charge is -2.26. The quantitative estimate of drug-likeness (QED) is 0.906. The van der Waals surface area contributed by atoms with Gasteiger partial charge in [0, 0.05) is 24.6 Å². The summed E-state index contributed by atoms with van der Waals surface area (Å²) in [7, 11) is 0. The SMILES string of the molecule is c1cc(CNC2CCOc3ccccc32)cc(C2CC2)c1. The number of para-hydroxylation sites is 1. The Morgan fingerprint density at radius 2 is 1.90 bits per heavy atom. The zero-order chi connectivity index (χ0) is 14.1. The smallest absolute Gasteiger partial charge is 0.124 e. The monoisotopic (exact) mass is 279 g/mol. The molecule has 0 saturated heterocycles. The van der Waals surface area contributed by atoms with Crippen molar-refractivity contribution in [1.29, 1.82) is 0 Å². The molecule has 1 fully saturated rings. The van der Waals surface area contributed by atoms with Gasteiger partial charge in [0.1, 0.15) is 5.75 Å². The van der Waals surface area contributed by atoms with Gasteiger partial charge in [0.15, 0.2) is 0 Å². The second-order valence-corrected chi connectivity index (χ2v) is 6.13. The van der Waals surface area contributed by atoms with Crippen molar-refractivity contribution in [3.05, 3.63) is 65.2 Å². The van der Waals surface area contributed by atoms with E-state index in [1.165, 1.54) is 29.5 Å². The van der Waals surface area contributed by atoms with Crippen LogP contribution in [0.3, 0.4) is 0 Å². The van der Waals surface area contributed by atoms with Crippen LogP contribution in [0.25, 0.3) is 0 Å². The van der Waals surface area contributed by atoms with Crippen LogP contribution in [0.4, 0.5) is 0 Å².